The molecule has 2 heterocycles. The first-order chi connectivity index (χ1) is 9.13. The van der Waals surface area contributed by atoms with Crippen LogP contribution in [0.5, 0.6) is 0 Å². The molecule has 0 fully saturated rings. The van der Waals surface area contributed by atoms with Gasteiger partial charge in [0, 0.05) is 13.0 Å². The number of hydrogen-bond donors (Lipinski definition) is 2. The van der Waals surface area contributed by atoms with Crippen LogP contribution < -0.4 is 11.1 Å². The number of aromatic nitrogens is 4. The van der Waals surface area contributed by atoms with Gasteiger partial charge in [-0.05, 0) is 6.92 Å². The molecule has 0 aliphatic carbocycles. The molecule has 2 rings (SSSR count). The van der Waals surface area contributed by atoms with Crippen LogP contribution in [0.4, 0.5) is 5.13 Å². The number of amides is 1. The highest BCUT2D eigenvalue weighted by Crippen LogP contribution is 2.22. The largest absolute Gasteiger partial charge is 0.374 e. The first kappa shape index (κ1) is 14.2. The van der Waals surface area contributed by atoms with E-state index in [1.54, 1.807) is 11.3 Å². The molecule has 0 aromatic carbocycles. The SMILES string of the molecule is Cc1nnc(CCNC(=O)CSc2nnc(N)s2)s1. The molecular weight excluding hydrogens is 304 g/mol. The maximum Gasteiger partial charge on any atom is 0.230 e. The van der Waals surface area contributed by atoms with Crippen molar-refractivity contribution in [2.45, 2.75) is 17.7 Å². The predicted molar refractivity (Wildman–Crippen MR) is 76.4 cm³/mol. The molecule has 0 aliphatic heterocycles. The lowest BCUT2D eigenvalue weighted by Crippen LogP contribution is -2.27. The van der Waals surface area contributed by atoms with E-state index >= 15 is 0 Å². The first-order valence-electron chi connectivity index (χ1n) is 5.41. The molecule has 0 saturated carbocycles. The summed E-state index contributed by atoms with van der Waals surface area (Å²) in [5.41, 5.74) is 5.45. The molecule has 0 aliphatic rings. The smallest absolute Gasteiger partial charge is 0.230 e. The Bertz CT molecular complexity index is 554. The van der Waals surface area contributed by atoms with Gasteiger partial charge in [-0.1, -0.05) is 23.1 Å². The summed E-state index contributed by atoms with van der Waals surface area (Å²) in [4.78, 5) is 11.6. The first-order valence-corrected chi connectivity index (χ1v) is 8.03. The Labute approximate surface area is 122 Å². The van der Waals surface area contributed by atoms with E-state index in [1.807, 2.05) is 6.92 Å². The highest BCUT2D eigenvalue weighted by molar-refractivity contribution is 8.01. The number of anilines is 1. The predicted octanol–water partition coefficient (Wildman–Crippen LogP) is 0.731. The summed E-state index contributed by atoms with van der Waals surface area (Å²) in [6.45, 7) is 2.47. The Kier molecular flexibility index (Phi) is 5.05. The monoisotopic (exact) mass is 316 g/mol. The summed E-state index contributed by atoms with van der Waals surface area (Å²) < 4.78 is 0.701. The van der Waals surface area contributed by atoms with E-state index < -0.39 is 0 Å². The van der Waals surface area contributed by atoms with E-state index in [0.29, 0.717) is 28.2 Å². The third-order valence-electron chi connectivity index (χ3n) is 1.98. The van der Waals surface area contributed by atoms with Gasteiger partial charge in [-0.2, -0.15) is 0 Å². The Balaban J connectivity index is 1.64. The van der Waals surface area contributed by atoms with E-state index in [9.17, 15) is 4.79 Å². The van der Waals surface area contributed by atoms with Crippen LogP contribution in [-0.4, -0.2) is 38.6 Å². The maximum atomic E-state index is 11.6. The van der Waals surface area contributed by atoms with E-state index in [1.165, 1.54) is 23.1 Å². The van der Waals surface area contributed by atoms with Crippen LogP contribution in [0, 0.1) is 6.92 Å². The van der Waals surface area contributed by atoms with Gasteiger partial charge in [-0.15, -0.1) is 31.7 Å². The molecule has 0 bridgehead atoms. The average Bonchev–Trinajstić information content (AvgIpc) is 2.96. The molecule has 0 atom stereocenters. The van der Waals surface area contributed by atoms with Crippen molar-refractivity contribution in [3.05, 3.63) is 10.0 Å². The molecule has 102 valence electrons. The Hall–Kier alpha value is -1.26. The van der Waals surface area contributed by atoms with Crippen LogP contribution in [0.15, 0.2) is 4.34 Å². The summed E-state index contributed by atoms with van der Waals surface area (Å²) in [5.74, 6) is 0.268. The molecule has 1 amide bonds. The maximum absolute atomic E-state index is 11.6. The quantitative estimate of drug-likeness (QED) is 0.757. The Morgan fingerprint density at radius 3 is 2.79 bits per heavy atom. The molecule has 2 aromatic heterocycles. The molecular formula is C9H12N6OS3. The standard InChI is InChI=1S/C9H12N6OS3/c1-5-12-13-7(18-5)2-3-11-6(16)4-17-9-15-14-8(10)19-9/h2-4H2,1H3,(H2,10,14)(H,11,16). The second kappa shape index (κ2) is 6.78. The molecule has 10 heteroatoms. The van der Waals surface area contributed by atoms with Crippen molar-refractivity contribution in [1.29, 1.82) is 0 Å². The fraction of sp³-hybridized carbons (Fsp3) is 0.444. The fourth-order valence-electron chi connectivity index (χ4n) is 1.20. The van der Waals surface area contributed by atoms with Gasteiger partial charge in [-0.25, -0.2) is 0 Å². The van der Waals surface area contributed by atoms with Crippen LogP contribution in [0.1, 0.15) is 10.0 Å². The van der Waals surface area contributed by atoms with Crippen molar-refractivity contribution in [2.24, 2.45) is 0 Å². The molecule has 0 saturated heterocycles. The van der Waals surface area contributed by atoms with Gasteiger partial charge in [0.2, 0.25) is 11.0 Å². The van der Waals surface area contributed by atoms with Gasteiger partial charge in [0.25, 0.3) is 0 Å². The molecule has 3 N–H and O–H groups in total. The lowest BCUT2D eigenvalue weighted by atomic mass is 10.4. The second-order valence-electron chi connectivity index (χ2n) is 3.51. The topological polar surface area (TPSA) is 107 Å². The fourth-order valence-corrected chi connectivity index (χ4v) is 3.38. The number of nitrogens with zero attached hydrogens (tertiary/aromatic N) is 4. The van der Waals surface area contributed by atoms with Crippen LogP contribution in [0.3, 0.4) is 0 Å². The van der Waals surface area contributed by atoms with Gasteiger partial charge in [0.1, 0.15) is 10.0 Å². The minimum atomic E-state index is -0.0417. The molecule has 0 unspecified atom stereocenters. The average molecular weight is 316 g/mol. The van der Waals surface area contributed by atoms with Gasteiger partial charge >= 0.3 is 0 Å². The van der Waals surface area contributed by atoms with Crippen molar-refractivity contribution in [3.63, 3.8) is 0 Å². The summed E-state index contributed by atoms with van der Waals surface area (Å²) in [7, 11) is 0. The zero-order valence-electron chi connectivity index (χ0n) is 10.1. The molecule has 19 heavy (non-hydrogen) atoms. The number of nitrogens with two attached hydrogens (primary N) is 1. The van der Waals surface area contributed by atoms with Gasteiger partial charge in [-0.3, -0.25) is 4.79 Å². The zero-order valence-corrected chi connectivity index (χ0v) is 12.6. The lowest BCUT2D eigenvalue weighted by molar-refractivity contribution is -0.118. The minimum Gasteiger partial charge on any atom is -0.374 e. The third-order valence-corrected chi connectivity index (χ3v) is 4.76. The lowest BCUT2D eigenvalue weighted by Gasteiger charge is -2.01. The number of carbonyl (C=O) groups excluding carboxylic acids is 1. The number of rotatable bonds is 6. The number of thioether (sulfide) groups is 1. The van der Waals surface area contributed by atoms with Gasteiger partial charge in [0.05, 0.1) is 5.75 Å². The Morgan fingerprint density at radius 1 is 1.32 bits per heavy atom. The highest BCUT2D eigenvalue weighted by Gasteiger charge is 2.07. The molecule has 0 radical (unpaired) electrons. The number of carbonyl (C=O) groups is 1. The number of nitrogens with one attached hydrogen (secondary N) is 1. The van der Waals surface area contributed by atoms with Crippen molar-refractivity contribution >= 4 is 45.5 Å². The number of nitrogen functional groups attached to an aromatic ring is 1. The van der Waals surface area contributed by atoms with Gasteiger partial charge in [0.15, 0.2) is 4.34 Å². The molecule has 7 nitrogen and oxygen atoms in total. The van der Waals surface area contributed by atoms with E-state index in [4.69, 9.17) is 5.73 Å². The number of aryl methyl sites for hydroxylation is 1. The van der Waals surface area contributed by atoms with Crippen molar-refractivity contribution in [2.75, 3.05) is 18.0 Å². The second-order valence-corrected chi connectivity index (χ2v) is 7.01. The van der Waals surface area contributed by atoms with Gasteiger partial charge < -0.3 is 11.1 Å². The zero-order chi connectivity index (χ0) is 13.7. The van der Waals surface area contributed by atoms with Crippen molar-refractivity contribution in [1.82, 2.24) is 25.7 Å². The van der Waals surface area contributed by atoms with E-state index in [2.05, 4.69) is 25.7 Å². The Morgan fingerprint density at radius 2 is 2.16 bits per heavy atom. The third kappa shape index (κ3) is 4.73. The summed E-state index contributed by atoms with van der Waals surface area (Å²) >= 11 is 4.15. The highest BCUT2D eigenvalue weighted by atomic mass is 32.2. The summed E-state index contributed by atoms with van der Waals surface area (Å²) in [6, 6.07) is 0. The normalized spacial score (nSPS) is 10.6. The van der Waals surface area contributed by atoms with Crippen LogP contribution >= 0.6 is 34.4 Å². The van der Waals surface area contributed by atoms with Crippen LogP contribution in [-0.2, 0) is 11.2 Å². The van der Waals surface area contributed by atoms with Crippen molar-refractivity contribution in [3.8, 4) is 0 Å². The molecule has 2 aromatic rings. The number of hydrogen-bond acceptors (Lipinski definition) is 9. The van der Waals surface area contributed by atoms with Crippen LogP contribution in [0.25, 0.3) is 0 Å². The summed E-state index contributed by atoms with van der Waals surface area (Å²) in [6.07, 6.45) is 0.702. The van der Waals surface area contributed by atoms with E-state index in [0.717, 1.165) is 10.0 Å². The summed E-state index contributed by atoms with van der Waals surface area (Å²) in [5, 5.41) is 20.5. The minimum absolute atomic E-state index is 0.0417. The van der Waals surface area contributed by atoms with Crippen molar-refractivity contribution < 1.29 is 4.79 Å². The molecule has 0 spiro atoms. The van der Waals surface area contributed by atoms with E-state index in [-0.39, 0.29) is 5.91 Å². The van der Waals surface area contributed by atoms with Crippen LogP contribution in [0.2, 0.25) is 0 Å².